The summed E-state index contributed by atoms with van der Waals surface area (Å²) in [6.45, 7) is 0. The summed E-state index contributed by atoms with van der Waals surface area (Å²) in [5.41, 5.74) is 6.04. The number of halogens is 3. The molecule has 3 N–H and O–H groups in total. The number of guanidine groups is 1. The van der Waals surface area contributed by atoms with Crippen LogP contribution in [0.25, 0.3) is 0 Å². The van der Waals surface area contributed by atoms with Crippen molar-refractivity contribution in [2.45, 2.75) is 0 Å². The molecule has 0 aliphatic heterocycles. The summed E-state index contributed by atoms with van der Waals surface area (Å²) in [4.78, 5) is 3.73. The highest BCUT2D eigenvalue weighted by Crippen LogP contribution is 2.31. The van der Waals surface area contributed by atoms with Crippen molar-refractivity contribution in [3.8, 4) is 0 Å². The van der Waals surface area contributed by atoms with E-state index in [0.717, 1.165) is 0 Å². The Morgan fingerprint density at radius 1 is 1.21 bits per heavy atom. The smallest absolute Gasteiger partial charge is 0.192 e. The molecule has 0 saturated carbocycles. The van der Waals surface area contributed by atoms with Gasteiger partial charge in [-0.15, -0.1) is 0 Å². The third kappa shape index (κ3) is 2.67. The predicted octanol–water partition coefficient (Wildman–Crippen LogP) is 3.00. The Hall–Kier alpha value is -0.640. The van der Waals surface area contributed by atoms with E-state index in [4.69, 9.17) is 40.5 Å². The van der Waals surface area contributed by atoms with Gasteiger partial charge in [-0.3, -0.25) is 4.99 Å². The van der Waals surface area contributed by atoms with Crippen LogP contribution in [0, 0.1) is 0 Å². The Bertz CT molecular complexity index is 376. The lowest BCUT2D eigenvalue weighted by Gasteiger charge is -2.08. The predicted molar refractivity (Wildman–Crippen MR) is 62.6 cm³/mol. The van der Waals surface area contributed by atoms with Gasteiger partial charge in [-0.05, 0) is 12.1 Å². The number of benzene rings is 1. The molecule has 3 nitrogen and oxygen atoms in total. The molecule has 0 atom stereocenters. The molecule has 1 rings (SSSR count). The van der Waals surface area contributed by atoms with Crippen molar-refractivity contribution in [2.75, 3.05) is 12.4 Å². The minimum atomic E-state index is 0.255. The van der Waals surface area contributed by atoms with Crippen molar-refractivity contribution in [3.05, 3.63) is 27.2 Å². The van der Waals surface area contributed by atoms with Crippen molar-refractivity contribution in [2.24, 2.45) is 10.7 Å². The summed E-state index contributed by atoms with van der Waals surface area (Å²) < 4.78 is 0. The zero-order chi connectivity index (χ0) is 10.7. The van der Waals surface area contributed by atoms with Gasteiger partial charge in [-0.1, -0.05) is 34.8 Å². The van der Waals surface area contributed by atoms with E-state index >= 15 is 0 Å². The first-order chi connectivity index (χ1) is 6.54. The maximum absolute atomic E-state index is 5.89. The first-order valence-corrected chi connectivity index (χ1v) is 4.82. The van der Waals surface area contributed by atoms with E-state index in [1.54, 1.807) is 13.1 Å². The fraction of sp³-hybridized carbons (Fsp3) is 0.125. The van der Waals surface area contributed by atoms with Gasteiger partial charge < -0.3 is 11.1 Å². The highest BCUT2D eigenvalue weighted by Gasteiger charge is 2.06. The average molecular weight is 253 g/mol. The molecule has 14 heavy (non-hydrogen) atoms. The van der Waals surface area contributed by atoms with E-state index in [0.29, 0.717) is 20.8 Å². The van der Waals surface area contributed by atoms with Gasteiger partial charge in [-0.2, -0.15) is 0 Å². The second-order valence-electron chi connectivity index (χ2n) is 2.48. The van der Waals surface area contributed by atoms with Crippen LogP contribution < -0.4 is 11.1 Å². The lowest BCUT2D eigenvalue weighted by Crippen LogP contribution is -2.22. The molecule has 0 unspecified atom stereocenters. The maximum Gasteiger partial charge on any atom is 0.192 e. The van der Waals surface area contributed by atoms with E-state index in [1.165, 1.54) is 6.07 Å². The molecule has 1 aromatic rings. The minimum absolute atomic E-state index is 0.255. The van der Waals surface area contributed by atoms with E-state index in [-0.39, 0.29) is 5.96 Å². The lowest BCUT2D eigenvalue weighted by atomic mass is 10.3. The second-order valence-corrected chi connectivity index (χ2v) is 3.70. The first-order valence-electron chi connectivity index (χ1n) is 3.68. The number of hydrogen-bond acceptors (Lipinski definition) is 1. The van der Waals surface area contributed by atoms with Crippen LogP contribution in [0.5, 0.6) is 0 Å². The third-order valence-electron chi connectivity index (χ3n) is 1.51. The standard InChI is InChI=1S/C8H8Cl3N3/c1-13-8(12)14-7-3-5(10)4(9)2-6(7)11/h2-3H,1H3,(H3,12,13,14). The SMILES string of the molecule is CN=C(N)Nc1cc(Cl)c(Cl)cc1Cl. The Labute approximate surface area is 96.9 Å². The zero-order valence-corrected chi connectivity index (χ0v) is 9.58. The normalized spacial score (nSPS) is 11.6. The molecule has 0 aliphatic carbocycles. The number of nitrogens with one attached hydrogen (secondary N) is 1. The van der Waals surface area contributed by atoms with Gasteiger partial charge in [-0.25, -0.2) is 0 Å². The molecule has 1 aromatic carbocycles. The summed E-state index contributed by atoms with van der Waals surface area (Å²) in [5.74, 6) is 0.255. The van der Waals surface area contributed by atoms with Crippen LogP contribution in [0.2, 0.25) is 15.1 Å². The molecule has 0 radical (unpaired) electrons. The number of rotatable bonds is 1. The molecule has 0 aliphatic rings. The molecule has 0 bridgehead atoms. The molecule has 76 valence electrons. The molecule has 0 aromatic heterocycles. The van der Waals surface area contributed by atoms with Crippen LogP contribution in [0.1, 0.15) is 0 Å². The van der Waals surface area contributed by atoms with Crippen molar-refractivity contribution >= 4 is 46.4 Å². The molecule has 0 amide bonds. The first kappa shape index (κ1) is 11.4. The summed E-state index contributed by atoms with van der Waals surface area (Å²) in [6, 6.07) is 3.13. The summed E-state index contributed by atoms with van der Waals surface area (Å²) in [5, 5.41) is 4.02. The number of nitrogens with zero attached hydrogens (tertiary/aromatic N) is 1. The Balaban J connectivity index is 3.04. The molecule has 0 heterocycles. The van der Waals surface area contributed by atoms with Crippen LogP contribution >= 0.6 is 34.8 Å². The summed E-state index contributed by atoms with van der Waals surface area (Å²) in [7, 11) is 1.56. The summed E-state index contributed by atoms with van der Waals surface area (Å²) in [6.07, 6.45) is 0. The van der Waals surface area contributed by atoms with E-state index in [1.807, 2.05) is 0 Å². The molecule has 0 saturated heterocycles. The molecule has 0 fully saturated rings. The minimum Gasteiger partial charge on any atom is -0.370 e. The molecule has 0 spiro atoms. The Morgan fingerprint density at radius 3 is 2.36 bits per heavy atom. The molecular formula is C8H8Cl3N3. The fourth-order valence-corrected chi connectivity index (χ4v) is 1.41. The van der Waals surface area contributed by atoms with Gasteiger partial charge in [0.25, 0.3) is 0 Å². The largest absolute Gasteiger partial charge is 0.370 e. The van der Waals surface area contributed by atoms with Crippen molar-refractivity contribution < 1.29 is 0 Å². The quantitative estimate of drug-likeness (QED) is 0.459. The van der Waals surface area contributed by atoms with Gasteiger partial charge in [0, 0.05) is 7.05 Å². The zero-order valence-electron chi connectivity index (χ0n) is 7.31. The van der Waals surface area contributed by atoms with Gasteiger partial charge in [0.15, 0.2) is 5.96 Å². The van der Waals surface area contributed by atoms with Crippen LogP contribution in [0.15, 0.2) is 17.1 Å². The monoisotopic (exact) mass is 251 g/mol. The van der Waals surface area contributed by atoms with Gasteiger partial charge in [0.05, 0.1) is 20.8 Å². The van der Waals surface area contributed by atoms with Crippen LogP contribution in [-0.2, 0) is 0 Å². The van der Waals surface area contributed by atoms with E-state index < -0.39 is 0 Å². The Morgan fingerprint density at radius 2 is 1.79 bits per heavy atom. The summed E-state index contributed by atoms with van der Waals surface area (Å²) >= 11 is 17.4. The van der Waals surface area contributed by atoms with Crippen molar-refractivity contribution in [1.29, 1.82) is 0 Å². The Kier molecular flexibility index (Phi) is 3.86. The lowest BCUT2D eigenvalue weighted by molar-refractivity contribution is 1.38. The highest BCUT2D eigenvalue weighted by atomic mass is 35.5. The number of anilines is 1. The van der Waals surface area contributed by atoms with E-state index in [2.05, 4.69) is 10.3 Å². The van der Waals surface area contributed by atoms with Gasteiger partial charge in [0.2, 0.25) is 0 Å². The highest BCUT2D eigenvalue weighted by molar-refractivity contribution is 6.44. The van der Waals surface area contributed by atoms with Crippen LogP contribution in [-0.4, -0.2) is 13.0 Å². The van der Waals surface area contributed by atoms with Crippen LogP contribution in [0.3, 0.4) is 0 Å². The number of nitrogens with two attached hydrogens (primary N) is 1. The number of aliphatic imine (C=N–C) groups is 1. The second kappa shape index (κ2) is 4.73. The van der Waals surface area contributed by atoms with Crippen LogP contribution in [0.4, 0.5) is 5.69 Å². The van der Waals surface area contributed by atoms with Crippen molar-refractivity contribution in [1.82, 2.24) is 0 Å². The average Bonchev–Trinajstić information content (AvgIpc) is 2.14. The third-order valence-corrected chi connectivity index (χ3v) is 2.55. The maximum atomic E-state index is 5.89. The topological polar surface area (TPSA) is 50.4 Å². The van der Waals surface area contributed by atoms with Crippen molar-refractivity contribution in [3.63, 3.8) is 0 Å². The fourth-order valence-electron chi connectivity index (χ4n) is 0.812. The molecular weight excluding hydrogens is 244 g/mol. The van der Waals surface area contributed by atoms with Gasteiger partial charge >= 0.3 is 0 Å². The van der Waals surface area contributed by atoms with E-state index in [9.17, 15) is 0 Å². The molecule has 6 heteroatoms. The van der Waals surface area contributed by atoms with Gasteiger partial charge in [0.1, 0.15) is 0 Å². The number of hydrogen-bond donors (Lipinski definition) is 2.